The normalized spacial score (nSPS) is 11.9. The third-order valence-corrected chi connectivity index (χ3v) is 11.3. The summed E-state index contributed by atoms with van der Waals surface area (Å²) in [5.74, 6) is 0.812. The molecule has 2 aromatic rings. The van der Waals surface area contributed by atoms with Crippen molar-refractivity contribution >= 4 is 16.6 Å². The second-order valence-corrected chi connectivity index (χ2v) is 18.8. The van der Waals surface area contributed by atoms with Crippen LogP contribution in [-0.4, -0.2) is 28.2 Å². The molecule has 2 rings (SSSR count). The van der Waals surface area contributed by atoms with E-state index in [1.165, 1.54) is 38.1 Å². The Bertz CT molecular complexity index is 823. The molecule has 6 heteroatoms. The zero-order valence-corrected chi connectivity index (χ0v) is 21.9. The van der Waals surface area contributed by atoms with Crippen LogP contribution in [0.2, 0.25) is 38.8 Å². The van der Waals surface area contributed by atoms with E-state index in [0.29, 0.717) is 5.56 Å². The summed E-state index contributed by atoms with van der Waals surface area (Å²) >= 11 is 0. The van der Waals surface area contributed by atoms with Crippen molar-refractivity contribution in [3.8, 4) is 23.1 Å². The summed E-state index contributed by atoms with van der Waals surface area (Å²) in [7, 11) is -2.87. The minimum absolute atomic E-state index is 0.658. The zero-order chi connectivity index (χ0) is 22.7. The Morgan fingerprint density at radius 3 is 2.06 bits per heavy atom. The van der Waals surface area contributed by atoms with Crippen molar-refractivity contribution in [2.24, 2.45) is 0 Å². The van der Waals surface area contributed by atoms with E-state index in [0.717, 1.165) is 30.0 Å². The molecule has 1 aromatic heterocycles. The van der Waals surface area contributed by atoms with Crippen LogP contribution in [0.3, 0.4) is 0 Å². The molecule has 0 spiro atoms. The summed E-state index contributed by atoms with van der Waals surface area (Å²) in [6.07, 6.45) is 9.26. The first-order valence-electron chi connectivity index (χ1n) is 11.5. The van der Waals surface area contributed by atoms with Gasteiger partial charge in [0.2, 0.25) is 0 Å². The summed E-state index contributed by atoms with van der Waals surface area (Å²) in [6.45, 7) is 12.4. The van der Waals surface area contributed by atoms with Gasteiger partial charge in [0.1, 0.15) is 5.75 Å². The van der Waals surface area contributed by atoms with Gasteiger partial charge in [-0.1, -0.05) is 44.2 Å². The maximum Gasteiger partial charge on any atom is 0.173 e. The fourth-order valence-electron chi connectivity index (χ4n) is 3.78. The second kappa shape index (κ2) is 12.2. The van der Waals surface area contributed by atoms with E-state index in [-0.39, 0.29) is 0 Å². The fraction of sp³-hybridized carbons (Fsp3) is 0.520. The molecule has 0 radical (unpaired) electrons. The highest BCUT2D eigenvalue weighted by Gasteiger charge is 2.28. The number of rotatable bonds is 13. The number of nitriles is 1. The van der Waals surface area contributed by atoms with E-state index < -0.39 is 16.6 Å². The lowest BCUT2D eigenvalue weighted by molar-refractivity contribution is 0.303. The van der Waals surface area contributed by atoms with Gasteiger partial charge in [-0.2, -0.15) is 5.26 Å². The van der Waals surface area contributed by atoms with Crippen molar-refractivity contribution in [2.45, 2.75) is 77.3 Å². The van der Waals surface area contributed by atoms with E-state index >= 15 is 0 Å². The molecule has 0 atom stereocenters. The van der Waals surface area contributed by atoms with Crippen molar-refractivity contribution in [2.75, 3.05) is 6.61 Å². The first kappa shape index (κ1) is 25.3. The average molecular weight is 455 g/mol. The lowest BCUT2D eigenvalue weighted by Crippen LogP contribution is -2.42. The van der Waals surface area contributed by atoms with Gasteiger partial charge in [-0.3, -0.25) is 4.98 Å². The topological polar surface area (TPSA) is 55.1 Å². The molecule has 4 nitrogen and oxygen atoms in total. The van der Waals surface area contributed by atoms with E-state index in [9.17, 15) is 0 Å². The minimum atomic E-state index is -1.46. The molecule has 0 N–H and O–H groups in total. The molecule has 1 heterocycles. The highest BCUT2D eigenvalue weighted by Crippen LogP contribution is 2.22. The predicted octanol–water partition coefficient (Wildman–Crippen LogP) is 7.40. The molecule has 0 aliphatic heterocycles. The molecular formula is C25H38N2O2Si2. The van der Waals surface area contributed by atoms with E-state index in [1.807, 2.05) is 36.4 Å². The van der Waals surface area contributed by atoms with Crippen LogP contribution in [0.1, 0.15) is 44.1 Å². The van der Waals surface area contributed by atoms with Crippen molar-refractivity contribution in [1.29, 1.82) is 5.26 Å². The summed E-state index contributed by atoms with van der Waals surface area (Å²) in [6, 6.07) is 14.8. The molecule has 0 aliphatic carbocycles. The summed E-state index contributed by atoms with van der Waals surface area (Å²) < 4.78 is 12.3. The molecule has 0 bridgehead atoms. The first-order chi connectivity index (χ1) is 14.7. The minimum Gasteiger partial charge on any atom is -0.492 e. The lowest BCUT2D eigenvalue weighted by Gasteiger charge is -2.31. The van der Waals surface area contributed by atoms with Gasteiger partial charge in [0, 0.05) is 5.56 Å². The van der Waals surface area contributed by atoms with Gasteiger partial charge in [0.05, 0.1) is 30.1 Å². The van der Waals surface area contributed by atoms with Crippen LogP contribution in [0.5, 0.6) is 5.75 Å². The molecule has 31 heavy (non-hydrogen) atoms. The van der Waals surface area contributed by atoms with Gasteiger partial charge < -0.3 is 8.85 Å². The maximum atomic E-state index is 8.89. The van der Waals surface area contributed by atoms with Gasteiger partial charge in [-0.25, -0.2) is 0 Å². The summed E-state index contributed by atoms with van der Waals surface area (Å²) in [4.78, 5) is 4.48. The largest absolute Gasteiger partial charge is 0.492 e. The fourth-order valence-corrected chi connectivity index (χ4v) is 11.9. The molecule has 1 aromatic carbocycles. The summed E-state index contributed by atoms with van der Waals surface area (Å²) in [5, 5.41) is 8.89. The Labute approximate surface area is 190 Å². The number of nitrogens with zero attached hydrogens (tertiary/aromatic N) is 2. The number of hydrogen-bond acceptors (Lipinski definition) is 4. The van der Waals surface area contributed by atoms with Gasteiger partial charge in [-0.15, -0.1) is 0 Å². The third-order valence-electron chi connectivity index (χ3n) is 5.07. The van der Waals surface area contributed by atoms with Crippen LogP contribution in [0.4, 0.5) is 0 Å². The number of ether oxygens (including phenoxy) is 1. The average Bonchev–Trinajstić information content (AvgIpc) is 2.71. The van der Waals surface area contributed by atoms with Gasteiger partial charge in [0.15, 0.2) is 16.6 Å². The Kier molecular flexibility index (Phi) is 9.95. The van der Waals surface area contributed by atoms with Crippen molar-refractivity contribution < 1.29 is 8.85 Å². The molecule has 0 saturated carbocycles. The molecule has 0 saturated heterocycles. The van der Waals surface area contributed by atoms with Gasteiger partial charge in [0.25, 0.3) is 0 Å². The van der Waals surface area contributed by atoms with Crippen LogP contribution in [0.15, 0.2) is 42.6 Å². The molecule has 0 aliphatic rings. The van der Waals surface area contributed by atoms with Crippen molar-refractivity contribution in [3.63, 3.8) is 0 Å². The number of aromatic nitrogens is 1. The standard InChI is InChI=1S/C25H38N2O2Si2/c1-30(2,3)29-31(4,5)19-11-9-7-6-8-10-18-28-24-16-17-25(27-21-24)23-14-12-22(20-26)13-15-23/h12-17,21H,6-11,18-19H2,1-5H3. The molecule has 168 valence electrons. The van der Waals surface area contributed by atoms with Crippen LogP contribution in [0, 0.1) is 11.3 Å². The zero-order valence-electron chi connectivity index (χ0n) is 19.9. The smallest absolute Gasteiger partial charge is 0.173 e. The Hall–Kier alpha value is -1.95. The van der Waals surface area contributed by atoms with Crippen LogP contribution < -0.4 is 4.74 Å². The monoisotopic (exact) mass is 454 g/mol. The SMILES string of the molecule is C[Si](C)(C)O[Si](C)(C)CCCCCCCCOc1ccc(-c2ccc(C#N)cc2)nc1. The first-order valence-corrected chi connectivity index (χ1v) is 18.0. The van der Waals surface area contributed by atoms with E-state index in [2.05, 4.69) is 43.8 Å². The third kappa shape index (κ3) is 10.3. The number of hydrogen-bond donors (Lipinski definition) is 0. The lowest BCUT2D eigenvalue weighted by atomic mass is 10.1. The number of unbranched alkanes of at least 4 members (excludes halogenated alkanes) is 5. The van der Waals surface area contributed by atoms with Crippen LogP contribution >= 0.6 is 0 Å². The Balaban J connectivity index is 1.56. The van der Waals surface area contributed by atoms with Gasteiger partial charge >= 0.3 is 0 Å². The van der Waals surface area contributed by atoms with E-state index in [4.69, 9.17) is 14.1 Å². The molecular weight excluding hydrogens is 416 g/mol. The highest BCUT2D eigenvalue weighted by molar-refractivity contribution is 6.84. The Morgan fingerprint density at radius 2 is 1.48 bits per heavy atom. The number of pyridine rings is 1. The van der Waals surface area contributed by atoms with Crippen molar-refractivity contribution in [1.82, 2.24) is 4.98 Å². The van der Waals surface area contributed by atoms with Crippen LogP contribution in [-0.2, 0) is 4.12 Å². The van der Waals surface area contributed by atoms with Crippen molar-refractivity contribution in [3.05, 3.63) is 48.2 Å². The molecule has 0 amide bonds. The van der Waals surface area contributed by atoms with Crippen LogP contribution in [0.25, 0.3) is 11.3 Å². The summed E-state index contributed by atoms with van der Waals surface area (Å²) in [5.41, 5.74) is 2.55. The maximum absolute atomic E-state index is 8.89. The highest BCUT2D eigenvalue weighted by atomic mass is 28.4. The van der Waals surface area contributed by atoms with E-state index in [1.54, 1.807) is 6.20 Å². The van der Waals surface area contributed by atoms with Gasteiger partial charge in [-0.05, 0) is 69.5 Å². The molecule has 0 unspecified atom stereocenters. The number of benzene rings is 1. The predicted molar refractivity (Wildman–Crippen MR) is 134 cm³/mol. The quantitative estimate of drug-likeness (QED) is 0.234. The molecule has 0 fully saturated rings. The second-order valence-electron chi connectivity index (χ2n) is 9.76. The Morgan fingerprint density at radius 1 is 0.839 bits per heavy atom.